The maximum Gasteiger partial charge on any atom is 0.228 e. The van der Waals surface area contributed by atoms with E-state index in [4.69, 9.17) is 10.2 Å². The van der Waals surface area contributed by atoms with Gasteiger partial charge in [-0.05, 0) is 42.0 Å². The number of benzene rings is 2. The van der Waals surface area contributed by atoms with Gasteiger partial charge in [0.25, 0.3) is 0 Å². The number of carbonyl (C=O) groups is 1. The minimum absolute atomic E-state index is 0.0138. The third kappa shape index (κ3) is 3.28. The van der Waals surface area contributed by atoms with Gasteiger partial charge in [-0.15, -0.1) is 11.8 Å². The van der Waals surface area contributed by atoms with Crippen LogP contribution < -0.4 is 10.6 Å². The number of amides is 1. The Balaban J connectivity index is 1.69. The van der Waals surface area contributed by atoms with Crippen LogP contribution in [0.3, 0.4) is 0 Å². The Morgan fingerprint density at radius 2 is 1.88 bits per heavy atom. The van der Waals surface area contributed by atoms with E-state index in [0.717, 1.165) is 27.6 Å². The Kier molecular flexibility index (Phi) is 4.24. The lowest BCUT2D eigenvalue weighted by molar-refractivity contribution is -0.118. The van der Waals surface area contributed by atoms with E-state index < -0.39 is 0 Å². The van der Waals surface area contributed by atoms with Gasteiger partial charge < -0.3 is 15.1 Å². The highest BCUT2D eigenvalue weighted by Gasteiger charge is 2.30. The van der Waals surface area contributed by atoms with E-state index >= 15 is 0 Å². The lowest BCUT2D eigenvalue weighted by Crippen LogP contribution is -2.30. The summed E-state index contributed by atoms with van der Waals surface area (Å²) in [5, 5.41) is -0.0138. The third-order valence-corrected chi connectivity index (χ3v) is 5.55. The molecule has 0 radical (unpaired) electrons. The standard InChI is InChI=1S/C20H18N2O2S/c21-15-9-7-14(8-10-15)13-22-16-4-1-2-6-18(16)25-19(12-20(22)23)17-5-3-11-24-17/h1-11,19H,12-13,21H2. The summed E-state index contributed by atoms with van der Waals surface area (Å²) in [5.41, 5.74) is 8.49. The van der Waals surface area contributed by atoms with Crippen molar-refractivity contribution in [2.75, 3.05) is 10.6 Å². The lowest BCUT2D eigenvalue weighted by atomic mass is 10.1. The average Bonchev–Trinajstić information content (AvgIpc) is 3.11. The number of nitrogens with zero attached hydrogens (tertiary/aromatic N) is 1. The number of carbonyl (C=O) groups excluding carboxylic acids is 1. The van der Waals surface area contributed by atoms with E-state index in [1.165, 1.54) is 0 Å². The molecular weight excluding hydrogens is 332 g/mol. The molecule has 1 aromatic heterocycles. The van der Waals surface area contributed by atoms with Crippen LogP contribution in [0, 0.1) is 0 Å². The van der Waals surface area contributed by atoms with Gasteiger partial charge in [-0.25, -0.2) is 0 Å². The monoisotopic (exact) mass is 350 g/mol. The van der Waals surface area contributed by atoms with E-state index in [1.54, 1.807) is 18.0 Å². The molecule has 2 aromatic carbocycles. The first kappa shape index (κ1) is 15.8. The predicted molar refractivity (Wildman–Crippen MR) is 100 cm³/mol. The first-order valence-corrected chi connectivity index (χ1v) is 9.02. The summed E-state index contributed by atoms with van der Waals surface area (Å²) in [4.78, 5) is 15.9. The first-order chi connectivity index (χ1) is 12.2. The Morgan fingerprint density at radius 3 is 2.64 bits per heavy atom. The minimum Gasteiger partial charge on any atom is -0.468 e. The zero-order valence-electron chi connectivity index (χ0n) is 13.6. The molecule has 5 heteroatoms. The normalized spacial score (nSPS) is 17.2. The number of nitrogens with two attached hydrogens (primary N) is 1. The van der Waals surface area contributed by atoms with E-state index in [0.29, 0.717) is 13.0 Å². The molecule has 0 fully saturated rings. The molecule has 0 bridgehead atoms. The van der Waals surface area contributed by atoms with Crippen molar-refractivity contribution in [3.8, 4) is 0 Å². The minimum atomic E-state index is -0.0138. The van der Waals surface area contributed by atoms with Gasteiger partial charge in [-0.1, -0.05) is 24.3 Å². The Bertz CT molecular complexity index is 875. The molecular formula is C20H18N2O2S. The van der Waals surface area contributed by atoms with Crippen LogP contribution in [0.2, 0.25) is 0 Å². The molecule has 3 aromatic rings. The van der Waals surface area contributed by atoms with Crippen LogP contribution in [-0.4, -0.2) is 5.91 Å². The van der Waals surface area contributed by atoms with Gasteiger partial charge in [0, 0.05) is 17.0 Å². The summed E-state index contributed by atoms with van der Waals surface area (Å²) in [6.07, 6.45) is 2.06. The second-order valence-corrected chi connectivity index (χ2v) is 7.26. The number of para-hydroxylation sites is 1. The molecule has 0 saturated heterocycles. The van der Waals surface area contributed by atoms with Crippen molar-refractivity contribution >= 4 is 29.0 Å². The van der Waals surface area contributed by atoms with Crippen molar-refractivity contribution in [3.63, 3.8) is 0 Å². The van der Waals surface area contributed by atoms with E-state index in [1.807, 2.05) is 59.5 Å². The molecule has 4 nitrogen and oxygen atoms in total. The zero-order valence-corrected chi connectivity index (χ0v) is 14.4. The van der Waals surface area contributed by atoms with Gasteiger partial charge in [-0.3, -0.25) is 4.79 Å². The number of hydrogen-bond donors (Lipinski definition) is 1. The van der Waals surface area contributed by atoms with Crippen molar-refractivity contribution in [1.29, 1.82) is 0 Å². The number of furan rings is 1. The fraction of sp³-hybridized carbons (Fsp3) is 0.150. The molecule has 1 aliphatic rings. The van der Waals surface area contributed by atoms with Crippen molar-refractivity contribution in [2.45, 2.75) is 23.1 Å². The van der Waals surface area contributed by atoms with E-state index in [2.05, 4.69) is 6.07 Å². The molecule has 4 rings (SSSR count). The number of nitrogen functional groups attached to an aromatic ring is 1. The highest BCUT2D eigenvalue weighted by atomic mass is 32.2. The van der Waals surface area contributed by atoms with Crippen LogP contribution in [0.5, 0.6) is 0 Å². The Labute approximate surface area is 150 Å². The summed E-state index contributed by atoms with van der Waals surface area (Å²) < 4.78 is 5.55. The van der Waals surface area contributed by atoms with Crippen molar-refractivity contribution in [3.05, 3.63) is 78.3 Å². The Morgan fingerprint density at radius 1 is 1.08 bits per heavy atom. The van der Waals surface area contributed by atoms with Gasteiger partial charge in [0.15, 0.2) is 0 Å². The zero-order chi connectivity index (χ0) is 17.2. The number of thioether (sulfide) groups is 1. The van der Waals surface area contributed by atoms with Crippen molar-refractivity contribution in [2.24, 2.45) is 0 Å². The largest absolute Gasteiger partial charge is 0.468 e. The van der Waals surface area contributed by atoms with Gasteiger partial charge in [-0.2, -0.15) is 0 Å². The predicted octanol–water partition coefficient (Wildman–Crippen LogP) is 4.63. The molecule has 0 saturated carbocycles. The fourth-order valence-corrected chi connectivity index (χ4v) is 4.23. The fourth-order valence-electron chi connectivity index (χ4n) is 2.99. The molecule has 126 valence electrons. The quantitative estimate of drug-likeness (QED) is 0.700. The average molecular weight is 350 g/mol. The molecule has 0 spiro atoms. The highest BCUT2D eigenvalue weighted by molar-refractivity contribution is 7.99. The summed E-state index contributed by atoms with van der Waals surface area (Å²) in [7, 11) is 0. The third-order valence-electron chi connectivity index (χ3n) is 4.27. The van der Waals surface area contributed by atoms with Crippen LogP contribution in [0.1, 0.15) is 23.0 Å². The number of anilines is 2. The van der Waals surface area contributed by atoms with Crippen LogP contribution in [0.15, 0.2) is 76.2 Å². The smallest absolute Gasteiger partial charge is 0.228 e. The highest BCUT2D eigenvalue weighted by Crippen LogP contribution is 2.45. The molecule has 0 aliphatic carbocycles. The van der Waals surface area contributed by atoms with Gasteiger partial charge in [0.05, 0.1) is 23.7 Å². The summed E-state index contributed by atoms with van der Waals surface area (Å²) in [6, 6.07) is 19.5. The summed E-state index contributed by atoms with van der Waals surface area (Å²) in [5.74, 6) is 0.929. The Hall–Kier alpha value is -2.66. The SMILES string of the molecule is Nc1ccc(CN2C(=O)CC(c3ccco3)Sc3ccccc32)cc1. The van der Waals surface area contributed by atoms with Crippen molar-refractivity contribution < 1.29 is 9.21 Å². The van der Waals surface area contributed by atoms with Crippen LogP contribution in [0.25, 0.3) is 0 Å². The molecule has 1 aliphatic heterocycles. The number of hydrogen-bond acceptors (Lipinski definition) is 4. The van der Waals surface area contributed by atoms with Gasteiger partial charge in [0.2, 0.25) is 5.91 Å². The van der Waals surface area contributed by atoms with Gasteiger partial charge in [0.1, 0.15) is 5.76 Å². The molecule has 25 heavy (non-hydrogen) atoms. The molecule has 2 N–H and O–H groups in total. The van der Waals surface area contributed by atoms with Crippen LogP contribution in [-0.2, 0) is 11.3 Å². The molecule has 2 heterocycles. The van der Waals surface area contributed by atoms with Crippen molar-refractivity contribution in [1.82, 2.24) is 0 Å². The lowest BCUT2D eigenvalue weighted by Gasteiger charge is -2.22. The number of fused-ring (bicyclic) bond motifs is 1. The molecule has 1 amide bonds. The summed E-state index contributed by atoms with van der Waals surface area (Å²) >= 11 is 1.68. The second-order valence-electron chi connectivity index (χ2n) is 6.02. The topological polar surface area (TPSA) is 59.5 Å². The maximum absolute atomic E-state index is 13.0. The van der Waals surface area contributed by atoms with E-state index in [-0.39, 0.29) is 11.2 Å². The first-order valence-electron chi connectivity index (χ1n) is 8.14. The van der Waals surface area contributed by atoms with Crippen LogP contribution >= 0.6 is 11.8 Å². The second kappa shape index (κ2) is 6.69. The van der Waals surface area contributed by atoms with Crippen LogP contribution in [0.4, 0.5) is 11.4 Å². The molecule has 1 unspecified atom stereocenters. The van der Waals surface area contributed by atoms with Gasteiger partial charge >= 0.3 is 0 Å². The van der Waals surface area contributed by atoms with E-state index in [9.17, 15) is 4.79 Å². The number of rotatable bonds is 3. The maximum atomic E-state index is 13.0. The molecule has 1 atom stereocenters. The summed E-state index contributed by atoms with van der Waals surface area (Å²) in [6.45, 7) is 0.529.